The van der Waals surface area contributed by atoms with E-state index in [0.29, 0.717) is 13.1 Å². The van der Waals surface area contributed by atoms with Crippen molar-refractivity contribution >= 4 is 5.96 Å². The molecule has 0 bridgehead atoms. The monoisotopic (exact) mass is 416 g/mol. The number of ether oxygens (including phenoxy) is 3. The molecule has 2 heterocycles. The lowest BCUT2D eigenvalue weighted by atomic mass is 10.0. The minimum atomic E-state index is 0.143. The molecule has 1 fully saturated rings. The molecule has 9 nitrogen and oxygen atoms in total. The van der Waals surface area contributed by atoms with Gasteiger partial charge in [-0.15, -0.1) is 0 Å². The third-order valence-electron chi connectivity index (χ3n) is 5.32. The molecule has 1 aliphatic heterocycles. The van der Waals surface area contributed by atoms with Crippen LogP contribution in [0, 0.1) is 0 Å². The number of benzene rings is 1. The summed E-state index contributed by atoms with van der Waals surface area (Å²) in [7, 11) is 7.02. The van der Waals surface area contributed by atoms with Crippen LogP contribution in [0.3, 0.4) is 0 Å². The highest BCUT2D eigenvalue weighted by molar-refractivity contribution is 5.79. The van der Waals surface area contributed by atoms with Gasteiger partial charge in [-0.2, -0.15) is 5.10 Å². The van der Waals surface area contributed by atoms with E-state index in [1.165, 1.54) is 0 Å². The zero-order valence-electron chi connectivity index (χ0n) is 18.2. The molecule has 0 saturated carbocycles. The second-order valence-electron chi connectivity index (χ2n) is 7.03. The summed E-state index contributed by atoms with van der Waals surface area (Å²) in [4.78, 5) is 6.79. The molecule has 1 atom stereocenters. The van der Waals surface area contributed by atoms with Gasteiger partial charge in [0, 0.05) is 39.9 Å². The fraction of sp³-hybridized carbons (Fsp3) is 0.524. The van der Waals surface area contributed by atoms with Crippen LogP contribution in [0.1, 0.15) is 17.3 Å². The largest absolute Gasteiger partial charge is 0.493 e. The van der Waals surface area contributed by atoms with Crippen LogP contribution in [-0.4, -0.2) is 74.8 Å². The maximum Gasteiger partial charge on any atom is 0.191 e. The number of nitrogens with zero attached hydrogens (tertiary/aromatic N) is 4. The molecule has 0 radical (unpaired) electrons. The van der Waals surface area contributed by atoms with Crippen molar-refractivity contribution in [3.63, 3.8) is 0 Å². The molecule has 0 aliphatic carbocycles. The molecular formula is C21H32N6O3. The summed E-state index contributed by atoms with van der Waals surface area (Å²) in [6.45, 7) is 4.56. The van der Waals surface area contributed by atoms with Gasteiger partial charge < -0.3 is 24.8 Å². The average Bonchev–Trinajstić information content (AvgIpc) is 3.21. The molecule has 1 unspecified atom stereocenters. The van der Waals surface area contributed by atoms with Crippen molar-refractivity contribution < 1.29 is 14.2 Å². The Kier molecular flexibility index (Phi) is 7.92. The standard InChI is InChI=1S/C21H32N6O3/c1-22-21(23-14-17-7-8-25-26(17)2)24-15-18(27-9-11-30-12-10-27)16-5-6-19(28-3)20(13-16)29-4/h5-8,13,18H,9-12,14-15H2,1-4H3,(H2,22,23,24). The molecular weight excluding hydrogens is 384 g/mol. The molecule has 1 aliphatic rings. The number of nitrogens with one attached hydrogen (secondary N) is 2. The topological polar surface area (TPSA) is 85.2 Å². The lowest BCUT2D eigenvalue weighted by Gasteiger charge is -2.35. The van der Waals surface area contributed by atoms with Gasteiger partial charge in [0.15, 0.2) is 17.5 Å². The summed E-state index contributed by atoms with van der Waals surface area (Å²) < 4.78 is 18.3. The first-order valence-electron chi connectivity index (χ1n) is 10.1. The highest BCUT2D eigenvalue weighted by Crippen LogP contribution is 2.32. The zero-order chi connectivity index (χ0) is 21.3. The van der Waals surface area contributed by atoms with Crippen molar-refractivity contribution in [1.82, 2.24) is 25.3 Å². The van der Waals surface area contributed by atoms with E-state index in [0.717, 1.165) is 55.0 Å². The van der Waals surface area contributed by atoms with E-state index in [9.17, 15) is 0 Å². The third kappa shape index (κ3) is 5.43. The minimum Gasteiger partial charge on any atom is -0.493 e. The zero-order valence-corrected chi connectivity index (χ0v) is 18.2. The van der Waals surface area contributed by atoms with E-state index < -0.39 is 0 Å². The molecule has 3 rings (SSSR count). The smallest absolute Gasteiger partial charge is 0.191 e. The molecule has 2 aromatic rings. The Labute approximate surface area is 178 Å². The highest BCUT2D eigenvalue weighted by atomic mass is 16.5. The number of aliphatic imine (C=N–C) groups is 1. The SMILES string of the molecule is CN=C(NCc1ccnn1C)NCC(c1ccc(OC)c(OC)c1)N1CCOCC1. The predicted octanol–water partition coefficient (Wildman–Crippen LogP) is 1.18. The number of morpholine rings is 1. The third-order valence-corrected chi connectivity index (χ3v) is 5.32. The maximum atomic E-state index is 5.55. The number of aromatic nitrogens is 2. The van der Waals surface area contributed by atoms with Crippen molar-refractivity contribution in [2.24, 2.45) is 12.0 Å². The summed E-state index contributed by atoms with van der Waals surface area (Å²) in [5, 5.41) is 11.0. The van der Waals surface area contributed by atoms with Gasteiger partial charge in [-0.25, -0.2) is 0 Å². The molecule has 30 heavy (non-hydrogen) atoms. The van der Waals surface area contributed by atoms with Gasteiger partial charge in [0.2, 0.25) is 0 Å². The Morgan fingerprint density at radius 1 is 1.17 bits per heavy atom. The number of aryl methyl sites for hydroxylation is 1. The van der Waals surface area contributed by atoms with Crippen molar-refractivity contribution in [2.75, 3.05) is 54.1 Å². The number of hydrogen-bond donors (Lipinski definition) is 2. The summed E-state index contributed by atoms with van der Waals surface area (Å²) in [6, 6.07) is 8.22. The summed E-state index contributed by atoms with van der Waals surface area (Å²) >= 11 is 0. The molecule has 0 spiro atoms. The molecule has 1 saturated heterocycles. The Morgan fingerprint density at radius 3 is 2.57 bits per heavy atom. The Morgan fingerprint density at radius 2 is 1.93 bits per heavy atom. The van der Waals surface area contributed by atoms with E-state index >= 15 is 0 Å². The fourth-order valence-corrected chi connectivity index (χ4v) is 3.57. The summed E-state index contributed by atoms with van der Waals surface area (Å²) in [5.41, 5.74) is 2.24. The molecule has 1 aromatic carbocycles. The number of hydrogen-bond acceptors (Lipinski definition) is 6. The van der Waals surface area contributed by atoms with Gasteiger partial charge in [-0.1, -0.05) is 6.07 Å². The highest BCUT2D eigenvalue weighted by Gasteiger charge is 2.24. The Hall–Kier alpha value is -2.78. The van der Waals surface area contributed by atoms with Gasteiger partial charge in [0.25, 0.3) is 0 Å². The lowest BCUT2D eigenvalue weighted by Crippen LogP contribution is -2.46. The van der Waals surface area contributed by atoms with Crippen LogP contribution in [0.5, 0.6) is 11.5 Å². The number of guanidine groups is 1. The quantitative estimate of drug-likeness (QED) is 0.494. The maximum absolute atomic E-state index is 5.55. The first-order chi connectivity index (χ1) is 14.7. The van der Waals surface area contributed by atoms with Crippen molar-refractivity contribution in [3.8, 4) is 11.5 Å². The molecule has 0 amide bonds. The van der Waals surface area contributed by atoms with Gasteiger partial charge in [0.05, 0.1) is 45.7 Å². The predicted molar refractivity (Wildman–Crippen MR) is 116 cm³/mol. The van der Waals surface area contributed by atoms with E-state index in [-0.39, 0.29) is 6.04 Å². The molecule has 9 heteroatoms. The van der Waals surface area contributed by atoms with Crippen LogP contribution in [0.25, 0.3) is 0 Å². The van der Waals surface area contributed by atoms with E-state index in [4.69, 9.17) is 14.2 Å². The van der Waals surface area contributed by atoms with Crippen LogP contribution >= 0.6 is 0 Å². The first-order valence-corrected chi connectivity index (χ1v) is 10.1. The van der Waals surface area contributed by atoms with E-state index in [2.05, 4.69) is 31.7 Å². The van der Waals surface area contributed by atoms with Crippen LogP contribution < -0.4 is 20.1 Å². The van der Waals surface area contributed by atoms with Crippen molar-refractivity contribution in [1.29, 1.82) is 0 Å². The van der Waals surface area contributed by atoms with Gasteiger partial charge in [-0.3, -0.25) is 14.6 Å². The van der Waals surface area contributed by atoms with Crippen LogP contribution in [0.2, 0.25) is 0 Å². The van der Waals surface area contributed by atoms with E-state index in [1.54, 1.807) is 27.5 Å². The van der Waals surface area contributed by atoms with Gasteiger partial charge in [0.1, 0.15) is 0 Å². The van der Waals surface area contributed by atoms with Crippen LogP contribution in [0.4, 0.5) is 0 Å². The average molecular weight is 417 g/mol. The summed E-state index contributed by atoms with van der Waals surface area (Å²) in [6.07, 6.45) is 1.79. The van der Waals surface area contributed by atoms with Crippen molar-refractivity contribution in [2.45, 2.75) is 12.6 Å². The van der Waals surface area contributed by atoms with Crippen LogP contribution in [-0.2, 0) is 18.3 Å². The van der Waals surface area contributed by atoms with Crippen LogP contribution in [0.15, 0.2) is 35.5 Å². The normalized spacial score (nSPS) is 16.2. The first kappa shape index (κ1) is 21.9. The minimum absolute atomic E-state index is 0.143. The second-order valence-corrected chi connectivity index (χ2v) is 7.03. The Balaban J connectivity index is 1.71. The molecule has 164 valence electrons. The Bertz CT molecular complexity index is 832. The number of rotatable bonds is 8. The lowest BCUT2D eigenvalue weighted by molar-refractivity contribution is 0.0169. The van der Waals surface area contributed by atoms with E-state index in [1.807, 2.05) is 29.9 Å². The summed E-state index contributed by atoms with van der Waals surface area (Å²) in [5.74, 6) is 2.20. The van der Waals surface area contributed by atoms with Gasteiger partial charge in [-0.05, 0) is 23.8 Å². The fourth-order valence-electron chi connectivity index (χ4n) is 3.57. The second kappa shape index (κ2) is 10.8. The van der Waals surface area contributed by atoms with Crippen molar-refractivity contribution in [3.05, 3.63) is 41.7 Å². The molecule has 1 aromatic heterocycles. The molecule has 2 N–H and O–H groups in total. The van der Waals surface area contributed by atoms with Gasteiger partial charge >= 0.3 is 0 Å². The number of methoxy groups -OCH3 is 2.